The minimum Gasteiger partial charge on any atom is -0.488 e. The molecule has 1 unspecified atom stereocenters. The molecule has 0 radical (unpaired) electrons. The number of hydrogen-bond donors (Lipinski definition) is 2. The summed E-state index contributed by atoms with van der Waals surface area (Å²) in [6.07, 6.45) is 6.28. The van der Waals surface area contributed by atoms with E-state index in [9.17, 15) is 19.2 Å². The van der Waals surface area contributed by atoms with Crippen LogP contribution in [0.25, 0.3) is 22.3 Å². The van der Waals surface area contributed by atoms with Crippen LogP contribution in [-0.4, -0.2) is 136 Å². The molecule has 4 saturated heterocycles. The third kappa shape index (κ3) is 6.81. The van der Waals surface area contributed by atoms with Gasteiger partial charge < -0.3 is 24.3 Å². The van der Waals surface area contributed by atoms with Gasteiger partial charge in [-0.05, 0) is 99.1 Å². The quantitative estimate of drug-likeness (QED) is 0.225. The van der Waals surface area contributed by atoms with Gasteiger partial charge >= 0.3 is 0 Å². The van der Waals surface area contributed by atoms with Crippen LogP contribution in [0.5, 0.6) is 5.75 Å². The lowest BCUT2D eigenvalue weighted by Gasteiger charge is -2.39. The van der Waals surface area contributed by atoms with E-state index in [1.54, 1.807) is 12.4 Å². The second-order valence-corrected chi connectivity index (χ2v) is 18.2. The highest BCUT2D eigenvalue weighted by atomic mass is 16.5. The van der Waals surface area contributed by atoms with Crippen molar-refractivity contribution in [1.29, 1.82) is 0 Å². The third-order valence-corrected chi connectivity index (χ3v) is 14.3. The zero-order valence-electron chi connectivity index (χ0n) is 33.4. The van der Waals surface area contributed by atoms with Crippen molar-refractivity contribution in [3.8, 4) is 17.1 Å². The fourth-order valence-electron chi connectivity index (χ4n) is 10.4. The molecule has 7 heterocycles. The van der Waals surface area contributed by atoms with E-state index >= 15 is 0 Å². The summed E-state index contributed by atoms with van der Waals surface area (Å²) in [5.74, 6) is 2.80. The number of piperazine rings is 1. The predicted octanol–water partition coefficient (Wildman–Crippen LogP) is 3.57. The SMILES string of the molecule is CC1(Oc2ccc3[nH]nc(-c4cc(N5C[C@@H]6[C@@H](CN7CCN(CC8CCN(c9ccc%10c(c9)C(=O)N(C9CCC(=O)NC9=O)C%10=O)CC8)CC7)[C@@H]6C5)ncn4)c3c2)CC1. The number of nitrogens with one attached hydrogen (secondary N) is 2. The molecular weight excluding hydrogens is 749 g/mol. The van der Waals surface area contributed by atoms with Crippen LogP contribution in [0.4, 0.5) is 11.5 Å². The number of benzene rings is 2. The van der Waals surface area contributed by atoms with Crippen LogP contribution in [-0.2, 0) is 9.59 Å². The van der Waals surface area contributed by atoms with Gasteiger partial charge in [0.25, 0.3) is 11.8 Å². The molecule has 2 N–H and O–H groups in total. The van der Waals surface area contributed by atoms with Crippen molar-refractivity contribution >= 4 is 46.0 Å². The van der Waals surface area contributed by atoms with Crippen LogP contribution < -0.4 is 19.9 Å². The number of H-pyrrole nitrogens is 1. The molecule has 306 valence electrons. The van der Waals surface area contributed by atoms with E-state index in [-0.39, 0.29) is 24.3 Å². The summed E-state index contributed by atoms with van der Waals surface area (Å²) in [4.78, 5) is 71.0. The van der Waals surface area contributed by atoms with Gasteiger partial charge in [0.05, 0.1) is 22.3 Å². The third-order valence-electron chi connectivity index (χ3n) is 14.3. The van der Waals surface area contributed by atoms with Gasteiger partial charge in [-0.1, -0.05) is 0 Å². The predicted molar refractivity (Wildman–Crippen MR) is 219 cm³/mol. The highest BCUT2D eigenvalue weighted by Crippen LogP contribution is 2.53. The number of imide groups is 2. The topological polar surface area (TPSA) is 160 Å². The first-order valence-electron chi connectivity index (χ1n) is 21.5. The Bertz CT molecular complexity index is 2350. The number of hydrogen-bond acceptors (Lipinski definition) is 12. The summed E-state index contributed by atoms with van der Waals surface area (Å²) in [7, 11) is 0. The first kappa shape index (κ1) is 36.7. The Balaban J connectivity index is 0.630. The molecule has 0 bridgehead atoms. The van der Waals surface area contributed by atoms with E-state index in [4.69, 9.17) is 4.74 Å². The Morgan fingerprint density at radius 1 is 0.797 bits per heavy atom. The number of nitrogens with zero attached hydrogens (tertiary/aromatic N) is 8. The minimum atomic E-state index is -0.951. The summed E-state index contributed by atoms with van der Waals surface area (Å²) in [6, 6.07) is 12.7. The maximum Gasteiger partial charge on any atom is 0.262 e. The molecule has 2 aliphatic carbocycles. The number of fused-ring (bicyclic) bond motifs is 3. The van der Waals surface area contributed by atoms with E-state index < -0.39 is 23.8 Å². The highest BCUT2D eigenvalue weighted by Gasteiger charge is 2.56. The molecule has 4 atom stereocenters. The van der Waals surface area contributed by atoms with E-state index in [2.05, 4.69) is 64.1 Å². The molecule has 4 amide bonds. The summed E-state index contributed by atoms with van der Waals surface area (Å²) in [6.45, 7) is 12.8. The van der Waals surface area contributed by atoms with E-state index in [0.717, 1.165) is 147 Å². The van der Waals surface area contributed by atoms with Gasteiger partial charge in [0.15, 0.2) is 0 Å². The van der Waals surface area contributed by atoms with E-state index in [0.29, 0.717) is 17.0 Å². The molecule has 2 saturated carbocycles. The largest absolute Gasteiger partial charge is 0.488 e. The first-order chi connectivity index (χ1) is 28.7. The first-order valence-corrected chi connectivity index (χ1v) is 21.5. The number of rotatable bonds is 10. The molecule has 2 aromatic carbocycles. The maximum atomic E-state index is 13.4. The van der Waals surface area contributed by atoms with Crippen LogP contribution >= 0.6 is 0 Å². The zero-order chi connectivity index (χ0) is 40.0. The average molecular weight is 799 g/mol. The Hall–Kier alpha value is -5.41. The number of amides is 4. The van der Waals surface area contributed by atoms with Gasteiger partial charge in [-0.3, -0.25) is 34.5 Å². The number of aromatic amines is 1. The van der Waals surface area contributed by atoms with Crippen LogP contribution in [0, 0.1) is 23.7 Å². The fraction of sp³-hybridized carbons (Fsp3) is 0.523. The Morgan fingerprint density at radius 2 is 1.54 bits per heavy atom. The van der Waals surface area contributed by atoms with Gasteiger partial charge in [0.1, 0.15) is 35.2 Å². The molecule has 15 heteroatoms. The van der Waals surface area contributed by atoms with Crippen molar-refractivity contribution < 1.29 is 23.9 Å². The molecule has 11 rings (SSSR count). The second kappa shape index (κ2) is 14.1. The smallest absolute Gasteiger partial charge is 0.262 e. The molecule has 0 spiro atoms. The Labute approximate surface area is 342 Å². The molecule has 4 aromatic rings. The molecule has 59 heavy (non-hydrogen) atoms. The summed E-state index contributed by atoms with van der Waals surface area (Å²) in [5.41, 5.74) is 4.19. The summed E-state index contributed by atoms with van der Waals surface area (Å²) in [5, 5.41) is 11.1. The standard InChI is InChI=1S/C44H50N10O5/c1-44(10-11-44)59-28-3-5-35-31(19-28)40(49-48-35)36-20-38(46-25-45-36)53-23-33-32(34(33)24-53)22-51-16-14-50(15-17-51)21-26-8-12-52(13-9-26)27-2-4-29-30(18-27)43(58)54(42(29)57)37-6-7-39(55)47-41(37)56/h2-5,18-20,25-26,32-34,37H,6-17,21-24H2,1H3,(H,48,49)(H,47,55,56)/t32-,33-,34+,37?. The molecule has 7 aliphatic rings. The number of anilines is 2. The second-order valence-electron chi connectivity index (χ2n) is 18.2. The van der Waals surface area contributed by atoms with Gasteiger partial charge in [-0.15, -0.1) is 0 Å². The summed E-state index contributed by atoms with van der Waals surface area (Å²) < 4.78 is 6.23. The van der Waals surface area contributed by atoms with Crippen LogP contribution in [0.1, 0.15) is 66.2 Å². The number of aromatic nitrogens is 4. The van der Waals surface area contributed by atoms with Crippen molar-refractivity contribution in [2.45, 2.75) is 57.1 Å². The Morgan fingerprint density at radius 3 is 2.29 bits per heavy atom. The molecular formula is C44H50N10O5. The normalized spacial score (nSPS) is 27.0. The highest BCUT2D eigenvalue weighted by molar-refractivity contribution is 6.23. The lowest BCUT2D eigenvalue weighted by molar-refractivity contribution is -0.136. The number of ether oxygens (including phenoxy) is 1. The van der Waals surface area contributed by atoms with Crippen molar-refractivity contribution in [3.05, 3.63) is 59.9 Å². The van der Waals surface area contributed by atoms with Crippen molar-refractivity contribution in [1.82, 2.24) is 40.2 Å². The van der Waals surface area contributed by atoms with Crippen molar-refractivity contribution in [2.24, 2.45) is 23.7 Å². The number of carbonyl (C=O) groups is 4. The van der Waals surface area contributed by atoms with E-state index in [1.165, 1.54) is 6.54 Å². The summed E-state index contributed by atoms with van der Waals surface area (Å²) >= 11 is 0. The molecule has 15 nitrogen and oxygen atoms in total. The molecule has 2 aromatic heterocycles. The lowest BCUT2D eigenvalue weighted by Crippen LogP contribution is -2.54. The van der Waals surface area contributed by atoms with E-state index in [1.807, 2.05) is 24.3 Å². The van der Waals surface area contributed by atoms with Crippen molar-refractivity contribution in [3.63, 3.8) is 0 Å². The lowest BCUT2D eigenvalue weighted by atomic mass is 9.95. The van der Waals surface area contributed by atoms with Gasteiger partial charge in [0, 0.05) is 89.0 Å². The maximum absolute atomic E-state index is 13.4. The van der Waals surface area contributed by atoms with Gasteiger partial charge in [-0.25, -0.2) is 9.97 Å². The van der Waals surface area contributed by atoms with Crippen LogP contribution in [0.15, 0.2) is 48.8 Å². The molecule has 5 aliphatic heterocycles. The zero-order valence-corrected chi connectivity index (χ0v) is 33.4. The molecule has 6 fully saturated rings. The fourth-order valence-corrected chi connectivity index (χ4v) is 10.4. The van der Waals surface area contributed by atoms with Crippen molar-refractivity contribution in [2.75, 3.05) is 75.2 Å². The van der Waals surface area contributed by atoms with Gasteiger partial charge in [0.2, 0.25) is 11.8 Å². The van der Waals surface area contributed by atoms with Gasteiger partial charge in [-0.2, -0.15) is 5.10 Å². The van der Waals surface area contributed by atoms with Crippen LogP contribution in [0.2, 0.25) is 0 Å². The Kier molecular flexibility index (Phi) is 8.77. The average Bonchev–Trinajstić information content (AvgIpc) is 3.90. The number of carbonyl (C=O) groups excluding carboxylic acids is 4. The monoisotopic (exact) mass is 798 g/mol. The minimum absolute atomic E-state index is 0.0397. The van der Waals surface area contributed by atoms with Crippen LogP contribution in [0.3, 0.4) is 0 Å². The number of piperidine rings is 3.